The first-order chi connectivity index (χ1) is 15.0. The Bertz CT molecular complexity index is 1050. The molecule has 0 radical (unpaired) electrons. The number of nitrogens with two attached hydrogens (primary N) is 1. The molecule has 0 atom stereocenters. The van der Waals surface area contributed by atoms with Crippen LogP contribution in [0.2, 0.25) is 5.02 Å². The monoisotopic (exact) mass is 508 g/mol. The molecule has 0 spiro atoms. The number of halogens is 3. The summed E-state index contributed by atoms with van der Waals surface area (Å²) < 4.78 is 0. The molecule has 0 unspecified atom stereocenters. The van der Waals surface area contributed by atoms with Gasteiger partial charge >= 0.3 is 0 Å². The van der Waals surface area contributed by atoms with Gasteiger partial charge in [-0.25, -0.2) is 9.97 Å². The Balaban J connectivity index is 0.00000272. The summed E-state index contributed by atoms with van der Waals surface area (Å²) in [6.45, 7) is 3.68. The van der Waals surface area contributed by atoms with E-state index in [1.54, 1.807) is 0 Å². The Morgan fingerprint density at radius 2 is 1.67 bits per heavy atom. The van der Waals surface area contributed by atoms with Crippen LogP contribution in [0.5, 0.6) is 0 Å². The van der Waals surface area contributed by atoms with Crippen molar-refractivity contribution in [1.82, 2.24) is 15.3 Å². The van der Waals surface area contributed by atoms with Crippen molar-refractivity contribution in [3.63, 3.8) is 0 Å². The number of benzene rings is 2. The average molecular weight is 510 g/mol. The minimum absolute atomic E-state index is 0. The number of aromatic nitrogens is 2. The molecule has 1 aromatic heterocycles. The molecule has 6 nitrogen and oxygen atoms in total. The molecule has 3 aromatic rings. The molecule has 1 heterocycles. The molecule has 9 heteroatoms. The van der Waals surface area contributed by atoms with E-state index < -0.39 is 0 Å². The van der Waals surface area contributed by atoms with E-state index in [2.05, 4.69) is 29.7 Å². The SMILES string of the molecule is Cc1ccc2nc(/C=C/c3ccc(Cl)cc3)nc(NCCCCCCNC(=N)N)c2c1.Cl.Cl. The molecule has 0 amide bonds. The third-order valence-corrected chi connectivity index (χ3v) is 5.13. The Hall–Kier alpha value is -2.54. The Morgan fingerprint density at radius 1 is 0.970 bits per heavy atom. The Labute approximate surface area is 212 Å². The molecule has 0 aliphatic heterocycles. The molecular weight excluding hydrogens is 479 g/mol. The van der Waals surface area contributed by atoms with Gasteiger partial charge in [-0.15, -0.1) is 24.8 Å². The lowest BCUT2D eigenvalue weighted by atomic mass is 10.1. The van der Waals surface area contributed by atoms with Gasteiger partial charge in [-0.1, -0.05) is 54.3 Å². The van der Waals surface area contributed by atoms with E-state index in [4.69, 9.17) is 32.7 Å². The summed E-state index contributed by atoms with van der Waals surface area (Å²) in [5.41, 5.74) is 8.44. The minimum atomic E-state index is 0. The van der Waals surface area contributed by atoms with Crippen LogP contribution in [0.4, 0.5) is 5.82 Å². The number of aryl methyl sites for hydroxylation is 1. The summed E-state index contributed by atoms with van der Waals surface area (Å²) in [4.78, 5) is 9.46. The normalized spacial score (nSPS) is 10.5. The standard InChI is InChI=1S/C24H29ClN6.2ClH/c1-17-6-12-21-20(16-17)23(28-14-4-2-3-5-15-29-24(26)27)31-22(30-21)13-9-18-7-10-19(25)11-8-18;;/h6-13,16H,2-5,14-15H2,1H3,(H4,26,27,29)(H,28,30,31);2*1H/b13-9+;;. The van der Waals surface area contributed by atoms with Crippen molar-refractivity contribution in [2.75, 3.05) is 18.4 Å². The lowest BCUT2D eigenvalue weighted by Gasteiger charge is -2.10. The van der Waals surface area contributed by atoms with E-state index in [0.717, 1.165) is 66.1 Å². The van der Waals surface area contributed by atoms with Crippen molar-refractivity contribution >= 4 is 71.2 Å². The summed E-state index contributed by atoms with van der Waals surface area (Å²) in [5.74, 6) is 1.57. The summed E-state index contributed by atoms with van der Waals surface area (Å²) in [6, 6.07) is 13.9. The van der Waals surface area contributed by atoms with Gasteiger partial charge in [0.05, 0.1) is 5.52 Å². The van der Waals surface area contributed by atoms with Crippen LogP contribution in [0, 0.1) is 12.3 Å². The average Bonchev–Trinajstić information content (AvgIpc) is 2.75. The smallest absolute Gasteiger partial charge is 0.185 e. The highest BCUT2D eigenvalue weighted by Crippen LogP contribution is 2.23. The van der Waals surface area contributed by atoms with E-state index in [1.807, 2.05) is 42.5 Å². The first-order valence-electron chi connectivity index (χ1n) is 10.5. The van der Waals surface area contributed by atoms with Gasteiger partial charge in [0.15, 0.2) is 11.8 Å². The summed E-state index contributed by atoms with van der Waals surface area (Å²) in [5, 5.41) is 15.2. The highest BCUT2D eigenvalue weighted by molar-refractivity contribution is 6.30. The number of fused-ring (bicyclic) bond motifs is 1. The fourth-order valence-electron chi connectivity index (χ4n) is 3.25. The number of hydrogen-bond acceptors (Lipinski definition) is 4. The van der Waals surface area contributed by atoms with Crippen LogP contribution in [-0.4, -0.2) is 29.0 Å². The summed E-state index contributed by atoms with van der Waals surface area (Å²) >= 11 is 5.96. The van der Waals surface area contributed by atoms with Gasteiger partial charge in [-0.05, 0) is 55.7 Å². The highest BCUT2D eigenvalue weighted by Gasteiger charge is 2.07. The number of rotatable bonds is 10. The first kappa shape index (κ1) is 28.5. The molecule has 3 rings (SSSR count). The maximum Gasteiger partial charge on any atom is 0.185 e. The molecule has 0 aliphatic carbocycles. The van der Waals surface area contributed by atoms with Crippen molar-refractivity contribution < 1.29 is 0 Å². The van der Waals surface area contributed by atoms with Gasteiger partial charge in [-0.3, -0.25) is 5.41 Å². The van der Waals surface area contributed by atoms with Gasteiger partial charge in [0, 0.05) is 23.5 Å². The van der Waals surface area contributed by atoms with Crippen molar-refractivity contribution in [2.24, 2.45) is 5.73 Å². The topological polar surface area (TPSA) is 99.7 Å². The number of guanidine groups is 1. The van der Waals surface area contributed by atoms with Crippen LogP contribution in [-0.2, 0) is 0 Å². The van der Waals surface area contributed by atoms with Crippen LogP contribution < -0.4 is 16.4 Å². The molecule has 33 heavy (non-hydrogen) atoms. The molecule has 5 N–H and O–H groups in total. The fraction of sp³-hybridized carbons (Fsp3) is 0.292. The van der Waals surface area contributed by atoms with Crippen LogP contribution in [0.15, 0.2) is 42.5 Å². The molecule has 0 fully saturated rings. The predicted molar refractivity (Wildman–Crippen MR) is 146 cm³/mol. The molecule has 178 valence electrons. The van der Waals surface area contributed by atoms with Crippen LogP contribution >= 0.6 is 36.4 Å². The number of nitrogens with zero attached hydrogens (tertiary/aromatic N) is 2. The molecule has 0 saturated carbocycles. The number of anilines is 1. The minimum Gasteiger partial charge on any atom is -0.370 e. The maximum absolute atomic E-state index is 7.16. The van der Waals surface area contributed by atoms with Crippen molar-refractivity contribution in [2.45, 2.75) is 32.6 Å². The van der Waals surface area contributed by atoms with Crippen molar-refractivity contribution in [3.05, 3.63) is 64.4 Å². The predicted octanol–water partition coefficient (Wildman–Crippen LogP) is 6.06. The van der Waals surface area contributed by atoms with Gasteiger partial charge in [0.25, 0.3) is 0 Å². The zero-order valence-electron chi connectivity index (χ0n) is 18.6. The van der Waals surface area contributed by atoms with Crippen molar-refractivity contribution in [3.8, 4) is 0 Å². The molecule has 0 bridgehead atoms. The summed E-state index contributed by atoms with van der Waals surface area (Å²) in [6.07, 6.45) is 8.18. The van der Waals surface area contributed by atoms with Gasteiger partial charge in [0.1, 0.15) is 5.82 Å². The largest absolute Gasteiger partial charge is 0.370 e. The van der Waals surface area contributed by atoms with Crippen LogP contribution in [0.1, 0.15) is 42.6 Å². The molecular formula is C24H31Cl3N6. The van der Waals surface area contributed by atoms with Gasteiger partial charge in [-0.2, -0.15) is 0 Å². The molecule has 0 saturated heterocycles. The number of hydrogen-bond donors (Lipinski definition) is 4. The first-order valence-corrected chi connectivity index (χ1v) is 10.9. The molecule has 2 aromatic carbocycles. The van der Waals surface area contributed by atoms with E-state index in [9.17, 15) is 0 Å². The highest BCUT2D eigenvalue weighted by atomic mass is 35.5. The van der Waals surface area contributed by atoms with E-state index in [0.29, 0.717) is 5.82 Å². The zero-order valence-corrected chi connectivity index (χ0v) is 21.0. The van der Waals surface area contributed by atoms with E-state index >= 15 is 0 Å². The lowest BCUT2D eigenvalue weighted by Crippen LogP contribution is -2.30. The van der Waals surface area contributed by atoms with Crippen LogP contribution in [0.25, 0.3) is 23.1 Å². The fourth-order valence-corrected chi connectivity index (χ4v) is 3.37. The third kappa shape index (κ3) is 9.46. The Morgan fingerprint density at radius 3 is 2.36 bits per heavy atom. The van der Waals surface area contributed by atoms with Crippen molar-refractivity contribution in [1.29, 1.82) is 5.41 Å². The second-order valence-corrected chi connectivity index (χ2v) is 7.95. The lowest BCUT2D eigenvalue weighted by molar-refractivity contribution is 0.642. The maximum atomic E-state index is 7.16. The Kier molecular flexibility index (Phi) is 12.6. The van der Waals surface area contributed by atoms with Crippen LogP contribution in [0.3, 0.4) is 0 Å². The third-order valence-electron chi connectivity index (χ3n) is 4.87. The number of unbranched alkanes of at least 4 members (excludes halogenated alkanes) is 3. The van der Waals surface area contributed by atoms with Gasteiger partial charge in [0.2, 0.25) is 0 Å². The number of nitrogens with one attached hydrogen (secondary N) is 3. The quantitative estimate of drug-likeness (QED) is 0.151. The molecule has 0 aliphatic rings. The second-order valence-electron chi connectivity index (χ2n) is 7.52. The van der Waals surface area contributed by atoms with E-state index in [-0.39, 0.29) is 30.8 Å². The van der Waals surface area contributed by atoms with Gasteiger partial charge < -0.3 is 16.4 Å². The zero-order chi connectivity index (χ0) is 22.1. The summed E-state index contributed by atoms with van der Waals surface area (Å²) in [7, 11) is 0. The van der Waals surface area contributed by atoms with E-state index in [1.165, 1.54) is 5.56 Å². The second kappa shape index (κ2) is 14.6.